The fourth-order valence-corrected chi connectivity index (χ4v) is 2.70. The molecular formula is C17H23N3O3. The highest BCUT2D eigenvalue weighted by Gasteiger charge is 2.16. The van der Waals surface area contributed by atoms with Crippen molar-refractivity contribution in [3.63, 3.8) is 0 Å². The van der Waals surface area contributed by atoms with Crippen molar-refractivity contribution >= 4 is 0 Å². The SMILES string of the molecule is COc1cccc(-n2cc(CN(C)C[C@H]3COCCO3)cn2)c1. The van der Waals surface area contributed by atoms with Crippen LogP contribution in [0.2, 0.25) is 0 Å². The minimum atomic E-state index is 0.155. The number of benzene rings is 1. The van der Waals surface area contributed by atoms with Gasteiger partial charge in [-0.05, 0) is 19.2 Å². The van der Waals surface area contributed by atoms with E-state index in [9.17, 15) is 0 Å². The van der Waals surface area contributed by atoms with E-state index in [-0.39, 0.29) is 6.10 Å². The summed E-state index contributed by atoms with van der Waals surface area (Å²) in [5, 5.41) is 4.44. The Labute approximate surface area is 136 Å². The molecule has 1 aromatic heterocycles. The highest BCUT2D eigenvalue weighted by atomic mass is 16.6. The van der Waals surface area contributed by atoms with Crippen LogP contribution in [-0.2, 0) is 16.0 Å². The van der Waals surface area contributed by atoms with Crippen LogP contribution in [0.25, 0.3) is 5.69 Å². The number of nitrogens with zero attached hydrogens (tertiary/aromatic N) is 3. The van der Waals surface area contributed by atoms with Crippen LogP contribution in [0.5, 0.6) is 5.75 Å². The second kappa shape index (κ2) is 7.59. The molecule has 3 rings (SSSR count). The lowest BCUT2D eigenvalue weighted by atomic mass is 10.3. The van der Waals surface area contributed by atoms with Gasteiger partial charge in [0, 0.05) is 30.9 Å². The standard InChI is InChI=1S/C17H23N3O3/c1-19(12-17-13-22-6-7-23-17)10-14-9-18-20(11-14)15-4-3-5-16(8-15)21-2/h3-5,8-9,11,17H,6-7,10,12-13H2,1-2H3/t17-/m0/s1. The first-order valence-corrected chi connectivity index (χ1v) is 7.80. The van der Waals surface area contributed by atoms with Gasteiger partial charge < -0.3 is 14.2 Å². The Balaban J connectivity index is 1.60. The molecule has 124 valence electrons. The molecule has 2 heterocycles. The zero-order valence-electron chi connectivity index (χ0n) is 13.6. The van der Waals surface area contributed by atoms with Gasteiger partial charge in [-0.1, -0.05) is 6.07 Å². The van der Waals surface area contributed by atoms with Crippen LogP contribution < -0.4 is 4.74 Å². The van der Waals surface area contributed by atoms with Gasteiger partial charge in [0.1, 0.15) is 5.75 Å². The Bertz CT molecular complexity index is 623. The molecule has 0 spiro atoms. The quantitative estimate of drug-likeness (QED) is 0.812. The van der Waals surface area contributed by atoms with E-state index in [4.69, 9.17) is 14.2 Å². The molecule has 6 heteroatoms. The molecule has 0 saturated carbocycles. The van der Waals surface area contributed by atoms with E-state index in [1.165, 1.54) is 0 Å². The van der Waals surface area contributed by atoms with Crippen LogP contribution in [0, 0.1) is 0 Å². The minimum Gasteiger partial charge on any atom is -0.497 e. The topological polar surface area (TPSA) is 48.8 Å². The summed E-state index contributed by atoms with van der Waals surface area (Å²) in [7, 11) is 3.75. The van der Waals surface area contributed by atoms with Crippen molar-refractivity contribution in [1.82, 2.24) is 14.7 Å². The van der Waals surface area contributed by atoms with E-state index in [0.717, 1.165) is 30.1 Å². The summed E-state index contributed by atoms with van der Waals surface area (Å²) in [5.74, 6) is 0.825. The first-order valence-electron chi connectivity index (χ1n) is 7.80. The van der Waals surface area contributed by atoms with Crippen LogP contribution in [0.3, 0.4) is 0 Å². The number of rotatable bonds is 6. The number of ether oxygens (including phenoxy) is 3. The third-order valence-electron chi connectivity index (χ3n) is 3.81. The lowest BCUT2D eigenvalue weighted by molar-refractivity contribution is -0.0962. The van der Waals surface area contributed by atoms with Crippen LogP contribution in [0.1, 0.15) is 5.56 Å². The maximum atomic E-state index is 5.68. The average molecular weight is 317 g/mol. The van der Waals surface area contributed by atoms with Gasteiger partial charge in [0.05, 0.1) is 44.9 Å². The molecule has 1 fully saturated rings. The number of hydrogen-bond donors (Lipinski definition) is 0. The van der Waals surface area contributed by atoms with Crippen molar-refractivity contribution in [1.29, 1.82) is 0 Å². The van der Waals surface area contributed by atoms with Crippen LogP contribution in [0.15, 0.2) is 36.7 Å². The average Bonchev–Trinajstić information content (AvgIpc) is 3.04. The van der Waals surface area contributed by atoms with Crippen molar-refractivity contribution in [2.75, 3.05) is 40.5 Å². The van der Waals surface area contributed by atoms with Gasteiger partial charge >= 0.3 is 0 Å². The fourth-order valence-electron chi connectivity index (χ4n) is 2.70. The molecule has 0 N–H and O–H groups in total. The Morgan fingerprint density at radius 1 is 1.39 bits per heavy atom. The van der Waals surface area contributed by atoms with Crippen LogP contribution in [-0.4, -0.2) is 61.3 Å². The molecule has 0 bridgehead atoms. The highest BCUT2D eigenvalue weighted by molar-refractivity contribution is 5.38. The van der Waals surface area contributed by atoms with Gasteiger partial charge in [-0.25, -0.2) is 4.68 Å². The third kappa shape index (κ3) is 4.31. The van der Waals surface area contributed by atoms with E-state index in [0.29, 0.717) is 19.8 Å². The summed E-state index contributed by atoms with van der Waals surface area (Å²) in [6.07, 6.45) is 4.10. The number of likely N-dealkylation sites (N-methyl/N-ethyl adjacent to an activating group) is 1. The Morgan fingerprint density at radius 2 is 2.30 bits per heavy atom. The van der Waals surface area contributed by atoms with Gasteiger partial charge in [-0.3, -0.25) is 4.90 Å². The molecule has 6 nitrogen and oxygen atoms in total. The largest absolute Gasteiger partial charge is 0.497 e. The number of hydrogen-bond acceptors (Lipinski definition) is 5. The molecule has 0 amide bonds. The molecule has 0 unspecified atom stereocenters. The lowest BCUT2D eigenvalue weighted by Crippen LogP contribution is -2.38. The lowest BCUT2D eigenvalue weighted by Gasteiger charge is -2.27. The van der Waals surface area contributed by atoms with E-state index in [1.807, 2.05) is 41.3 Å². The molecule has 0 aliphatic carbocycles. The maximum Gasteiger partial charge on any atom is 0.121 e. The number of methoxy groups -OCH3 is 1. The zero-order valence-corrected chi connectivity index (χ0v) is 13.6. The maximum absolute atomic E-state index is 5.68. The minimum absolute atomic E-state index is 0.155. The summed E-state index contributed by atoms with van der Waals surface area (Å²) < 4.78 is 18.2. The molecule has 1 aliphatic rings. The van der Waals surface area contributed by atoms with Crippen LogP contribution in [0.4, 0.5) is 0 Å². The van der Waals surface area contributed by atoms with Gasteiger partial charge in [-0.2, -0.15) is 5.10 Å². The van der Waals surface area contributed by atoms with E-state index in [2.05, 4.69) is 17.0 Å². The molecule has 1 aromatic carbocycles. The third-order valence-corrected chi connectivity index (χ3v) is 3.81. The second-order valence-corrected chi connectivity index (χ2v) is 5.76. The van der Waals surface area contributed by atoms with Crippen molar-refractivity contribution in [3.05, 3.63) is 42.2 Å². The van der Waals surface area contributed by atoms with E-state index < -0.39 is 0 Å². The highest BCUT2D eigenvalue weighted by Crippen LogP contribution is 2.16. The zero-order chi connectivity index (χ0) is 16.1. The fraction of sp³-hybridized carbons (Fsp3) is 0.471. The van der Waals surface area contributed by atoms with Crippen molar-refractivity contribution in [2.24, 2.45) is 0 Å². The van der Waals surface area contributed by atoms with Crippen LogP contribution >= 0.6 is 0 Å². The first-order chi connectivity index (χ1) is 11.2. The van der Waals surface area contributed by atoms with Crippen molar-refractivity contribution in [3.8, 4) is 11.4 Å². The summed E-state index contributed by atoms with van der Waals surface area (Å²) in [4.78, 5) is 2.23. The first kappa shape index (κ1) is 16.0. The molecule has 0 radical (unpaired) electrons. The smallest absolute Gasteiger partial charge is 0.121 e. The monoisotopic (exact) mass is 317 g/mol. The molecular weight excluding hydrogens is 294 g/mol. The predicted octanol–water partition coefficient (Wildman–Crippen LogP) is 1.73. The van der Waals surface area contributed by atoms with Gasteiger partial charge in [0.2, 0.25) is 0 Å². The number of aromatic nitrogens is 2. The Hall–Kier alpha value is -1.89. The van der Waals surface area contributed by atoms with Gasteiger partial charge in [-0.15, -0.1) is 0 Å². The molecule has 1 saturated heterocycles. The second-order valence-electron chi connectivity index (χ2n) is 5.76. The molecule has 1 aliphatic heterocycles. The van der Waals surface area contributed by atoms with Crippen molar-refractivity contribution < 1.29 is 14.2 Å². The molecule has 23 heavy (non-hydrogen) atoms. The normalized spacial score (nSPS) is 18.3. The van der Waals surface area contributed by atoms with Crippen molar-refractivity contribution in [2.45, 2.75) is 12.6 Å². The van der Waals surface area contributed by atoms with Gasteiger partial charge in [0.25, 0.3) is 0 Å². The Kier molecular flexibility index (Phi) is 5.27. The predicted molar refractivity (Wildman–Crippen MR) is 87.0 cm³/mol. The summed E-state index contributed by atoms with van der Waals surface area (Å²) in [6, 6.07) is 7.86. The Morgan fingerprint density at radius 3 is 3.09 bits per heavy atom. The van der Waals surface area contributed by atoms with E-state index >= 15 is 0 Å². The summed E-state index contributed by atoms with van der Waals surface area (Å²) in [5.41, 5.74) is 2.15. The molecule has 2 aromatic rings. The van der Waals surface area contributed by atoms with E-state index in [1.54, 1.807) is 7.11 Å². The summed E-state index contributed by atoms with van der Waals surface area (Å²) >= 11 is 0. The summed E-state index contributed by atoms with van der Waals surface area (Å²) in [6.45, 7) is 3.74. The molecule has 1 atom stereocenters. The van der Waals surface area contributed by atoms with Gasteiger partial charge in [0.15, 0.2) is 0 Å².